The maximum Gasteiger partial charge on any atom is 0.320 e. The molecule has 0 aromatic heterocycles. The van der Waals surface area contributed by atoms with E-state index in [2.05, 4.69) is 22.6 Å². The molecule has 0 bridgehead atoms. The van der Waals surface area contributed by atoms with Gasteiger partial charge in [-0.15, -0.1) is 0 Å². The van der Waals surface area contributed by atoms with Gasteiger partial charge in [0.2, 0.25) is 0 Å². The van der Waals surface area contributed by atoms with Crippen molar-refractivity contribution in [1.29, 1.82) is 0 Å². The van der Waals surface area contributed by atoms with Crippen LogP contribution in [0.15, 0.2) is 0 Å². The number of hydrogen-bond acceptors (Lipinski definition) is 2. The minimum atomic E-state index is -1.62. The number of aliphatic carboxylic acids is 2. The third kappa shape index (κ3) is 6.24. The second-order valence-electron chi connectivity index (χ2n) is 4.50. The van der Waals surface area contributed by atoms with E-state index in [1.807, 2.05) is 0 Å². The normalized spacial score (nSPS) is 11.4. The predicted molar refractivity (Wildman–Crippen MR) is 74.6 cm³/mol. The summed E-state index contributed by atoms with van der Waals surface area (Å²) < 4.78 is 1.17. The topological polar surface area (TPSA) is 74.6 Å². The van der Waals surface area contributed by atoms with Crippen LogP contribution >= 0.6 is 22.6 Å². The molecule has 0 rings (SSSR count). The number of rotatable bonds is 10. The first-order valence-corrected chi connectivity index (χ1v) is 7.50. The number of carbonyl (C=O) groups is 2. The van der Waals surface area contributed by atoms with Crippen LogP contribution in [0, 0.1) is 5.41 Å². The van der Waals surface area contributed by atoms with Crippen molar-refractivity contribution in [2.24, 2.45) is 5.41 Å². The molecule has 100 valence electrons. The van der Waals surface area contributed by atoms with Gasteiger partial charge in [0.25, 0.3) is 0 Å². The third-order valence-corrected chi connectivity index (χ3v) is 3.77. The zero-order valence-electron chi connectivity index (χ0n) is 10.2. The Balaban J connectivity index is 3.78. The molecular formula is C12H21IO4. The first kappa shape index (κ1) is 16.7. The van der Waals surface area contributed by atoms with Crippen LogP contribution in [0.2, 0.25) is 0 Å². The van der Waals surface area contributed by atoms with Gasteiger partial charge in [0.05, 0.1) is 0 Å². The minimum Gasteiger partial charge on any atom is -0.480 e. The predicted octanol–water partition coefficient (Wildman–Crippen LogP) is 3.33. The van der Waals surface area contributed by atoms with E-state index in [4.69, 9.17) is 10.2 Å². The molecular weight excluding hydrogens is 335 g/mol. The molecule has 0 amide bonds. The van der Waals surface area contributed by atoms with Gasteiger partial charge in [0.1, 0.15) is 0 Å². The van der Waals surface area contributed by atoms with Crippen LogP contribution in [-0.4, -0.2) is 26.6 Å². The fourth-order valence-electron chi connectivity index (χ4n) is 1.59. The largest absolute Gasteiger partial charge is 0.480 e. The van der Waals surface area contributed by atoms with Crippen molar-refractivity contribution in [2.45, 2.75) is 51.9 Å². The van der Waals surface area contributed by atoms with Crippen molar-refractivity contribution >= 4 is 34.5 Å². The van der Waals surface area contributed by atoms with Gasteiger partial charge in [0.15, 0.2) is 5.41 Å². The summed E-state index contributed by atoms with van der Waals surface area (Å²) in [5.74, 6) is -2.48. The van der Waals surface area contributed by atoms with Crippen LogP contribution < -0.4 is 0 Å². The van der Waals surface area contributed by atoms with Crippen LogP contribution in [0.4, 0.5) is 0 Å². The number of hydrogen-bond donors (Lipinski definition) is 2. The molecule has 2 N–H and O–H groups in total. The van der Waals surface area contributed by atoms with E-state index in [9.17, 15) is 9.59 Å². The molecule has 0 aromatic carbocycles. The van der Waals surface area contributed by atoms with E-state index in [1.54, 1.807) is 0 Å². The Kier molecular flexibility index (Phi) is 8.55. The molecule has 5 heteroatoms. The van der Waals surface area contributed by atoms with Crippen molar-refractivity contribution in [3.63, 3.8) is 0 Å². The van der Waals surface area contributed by atoms with E-state index < -0.39 is 17.4 Å². The Morgan fingerprint density at radius 2 is 1.35 bits per heavy atom. The lowest BCUT2D eigenvalue weighted by molar-refractivity contribution is -0.163. The van der Waals surface area contributed by atoms with Gasteiger partial charge >= 0.3 is 11.9 Å². The number of unbranched alkanes of at least 4 members (excludes halogenated alkanes) is 5. The molecule has 0 unspecified atom stereocenters. The lowest BCUT2D eigenvalue weighted by atomic mass is 9.85. The summed E-state index contributed by atoms with van der Waals surface area (Å²) in [5.41, 5.74) is -1.62. The maximum absolute atomic E-state index is 10.9. The number of carboxylic acids is 2. The van der Waals surface area contributed by atoms with Gasteiger partial charge in [-0.25, -0.2) is 0 Å². The van der Waals surface area contributed by atoms with Crippen molar-refractivity contribution in [2.75, 3.05) is 4.43 Å². The lowest BCUT2D eigenvalue weighted by Crippen LogP contribution is -2.36. The second kappa shape index (κ2) is 8.72. The number of halogens is 1. The molecule has 17 heavy (non-hydrogen) atoms. The van der Waals surface area contributed by atoms with Gasteiger partial charge < -0.3 is 10.2 Å². The molecule has 0 aromatic rings. The first-order chi connectivity index (χ1) is 7.95. The van der Waals surface area contributed by atoms with E-state index in [0.29, 0.717) is 6.42 Å². The quantitative estimate of drug-likeness (QED) is 0.273. The second-order valence-corrected chi connectivity index (χ2v) is 5.58. The monoisotopic (exact) mass is 356 g/mol. The van der Waals surface area contributed by atoms with Crippen molar-refractivity contribution < 1.29 is 19.8 Å². The van der Waals surface area contributed by atoms with Crippen LogP contribution in [0.5, 0.6) is 0 Å². The fraction of sp³-hybridized carbons (Fsp3) is 0.833. The number of alkyl halides is 1. The van der Waals surface area contributed by atoms with Crippen LogP contribution in [0.25, 0.3) is 0 Å². The summed E-state index contributed by atoms with van der Waals surface area (Å²) in [4.78, 5) is 21.8. The van der Waals surface area contributed by atoms with Gasteiger partial charge in [-0.1, -0.05) is 54.7 Å². The average molecular weight is 356 g/mol. The fourth-order valence-corrected chi connectivity index (χ4v) is 2.12. The standard InChI is InChI=1S/C12H21IO4/c1-12(10(14)15,11(16)17)8-6-4-2-3-5-7-9-13/h2-9H2,1H3,(H,14,15)(H,16,17). The molecule has 0 aliphatic rings. The molecule has 4 nitrogen and oxygen atoms in total. The zero-order valence-corrected chi connectivity index (χ0v) is 12.4. The van der Waals surface area contributed by atoms with Crippen LogP contribution in [0.3, 0.4) is 0 Å². The minimum absolute atomic E-state index is 0.212. The van der Waals surface area contributed by atoms with Crippen molar-refractivity contribution in [1.82, 2.24) is 0 Å². The van der Waals surface area contributed by atoms with Gasteiger partial charge in [-0.2, -0.15) is 0 Å². The highest BCUT2D eigenvalue weighted by Crippen LogP contribution is 2.25. The van der Waals surface area contributed by atoms with E-state index in [1.165, 1.54) is 24.2 Å². The van der Waals surface area contributed by atoms with E-state index >= 15 is 0 Å². The first-order valence-electron chi connectivity index (χ1n) is 5.98. The molecule has 0 aliphatic heterocycles. The molecule has 0 atom stereocenters. The van der Waals surface area contributed by atoms with Gasteiger partial charge in [0, 0.05) is 0 Å². The van der Waals surface area contributed by atoms with Crippen molar-refractivity contribution in [3.05, 3.63) is 0 Å². The van der Waals surface area contributed by atoms with Crippen LogP contribution in [0.1, 0.15) is 51.9 Å². The van der Waals surface area contributed by atoms with Gasteiger partial charge in [-0.3, -0.25) is 9.59 Å². The summed E-state index contributed by atoms with van der Waals surface area (Å²) in [7, 11) is 0. The average Bonchev–Trinajstić information content (AvgIpc) is 2.27. The molecule has 0 saturated heterocycles. The molecule has 0 heterocycles. The van der Waals surface area contributed by atoms with E-state index in [-0.39, 0.29) is 6.42 Å². The lowest BCUT2D eigenvalue weighted by Gasteiger charge is -2.19. The smallest absolute Gasteiger partial charge is 0.320 e. The highest BCUT2D eigenvalue weighted by Gasteiger charge is 2.40. The molecule has 0 aliphatic carbocycles. The molecule has 0 fully saturated rings. The SMILES string of the molecule is CC(CCCCCCCCI)(C(=O)O)C(=O)O. The highest BCUT2D eigenvalue weighted by molar-refractivity contribution is 14.1. The molecule has 0 saturated carbocycles. The zero-order chi connectivity index (χ0) is 13.3. The number of carboxylic acid groups (broad SMARTS) is 2. The highest BCUT2D eigenvalue weighted by atomic mass is 127. The summed E-state index contributed by atoms with van der Waals surface area (Å²) >= 11 is 2.35. The Hall–Kier alpha value is -0.330. The Morgan fingerprint density at radius 3 is 1.76 bits per heavy atom. The van der Waals surface area contributed by atoms with Crippen molar-refractivity contribution in [3.8, 4) is 0 Å². The maximum atomic E-state index is 10.9. The summed E-state index contributed by atoms with van der Waals surface area (Å²) in [5, 5.41) is 17.8. The van der Waals surface area contributed by atoms with Gasteiger partial charge in [-0.05, 0) is 24.2 Å². The molecule has 0 spiro atoms. The summed E-state index contributed by atoms with van der Waals surface area (Å²) in [6, 6.07) is 0. The van der Waals surface area contributed by atoms with Crippen LogP contribution in [-0.2, 0) is 9.59 Å². The van der Waals surface area contributed by atoms with E-state index in [0.717, 1.165) is 19.3 Å². The Bertz CT molecular complexity index is 239. The molecule has 0 radical (unpaired) electrons. The Labute approximate surface area is 116 Å². The third-order valence-electron chi connectivity index (χ3n) is 3.00. The summed E-state index contributed by atoms with van der Waals surface area (Å²) in [6.45, 7) is 1.29. The Morgan fingerprint density at radius 1 is 0.941 bits per heavy atom. The summed E-state index contributed by atoms with van der Waals surface area (Å²) in [6.07, 6.45) is 6.44.